The van der Waals surface area contributed by atoms with E-state index in [2.05, 4.69) is 45.7 Å². The molecule has 0 fully saturated rings. The van der Waals surface area contributed by atoms with Crippen LogP contribution in [0, 0.1) is 5.41 Å². The van der Waals surface area contributed by atoms with Gasteiger partial charge < -0.3 is 0 Å². The van der Waals surface area contributed by atoms with Crippen molar-refractivity contribution in [3.05, 3.63) is 11.6 Å². The van der Waals surface area contributed by atoms with Gasteiger partial charge in [-0.15, -0.1) is 0 Å². The van der Waals surface area contributed by atoms with Gasteiger partial charge in [0.15, 0.2) is 0 Å². The summed E-state index contributed by atoms with van der Waals surface area (Å²) >= 11 is 0. The molecule has 0 aliphatic rings. The lowest BCUT2D eigenvalue weighted by Crippen LogP contribution is -2.15. The fraction of sp³-hybridized carbons (Fsp3) is 0.700. The Morgan fingerprint density at radius 3 is 1.82 bits per heavy atom. The summed E-state index contributed by atoms with van der Waals surface area (Å²) in [6.45, 7) is 10.7. The van der Waals surface area contributed by atoms with E-state index in [9.17, 15) is 0 Å². The zero-order valence-corrected chi connectivity index (χ0v) is 8.52. The summed E-state index contributed by atoms with van der Waals surface area (Å²) in [7, 11) is 1.84. The monoisotopic (exact) mass is 153 g/mol. The van der Waals surface area contributed by atoms with Crippen LogP contribution < -0.4 is 0 Å². The third kappa shape index (κ3) is 2.87. The van der Waals surface area contributed by atoms with Crippen molar-refractivity contribution in [1.29, 1.82) is 0 Å². The molecular formula is C10H19N. The SMILES string of the molecule is C/C=C(\C(C)=N/C)C(C)(C)C. The van der Waals surface area contributed by atoms with Crippen molar-refractivity contribution in [3.63, 3.8) is 0 Å². The Bertz CT molecular complexity index is 180. The third-order valence-electron chi connectivity index (χ3n) is 1.82. The molecule has 0 radical (unpaired) electrons. The topological polar surface area (TPSA) is 12.4 Å². The van der Waals surface area contributed by atoms with Crippen LogP contribution in [0.2, 0.25) is 0 Å². The molecule has 0 bridgehead atoms. The number of rotatable bonds is 1. The predicted octanol–water partition coefficient (Wildman–Crippen LogP) is 3.07. The van der Waals surface area contributed by atoms with Crippen molar-refractivity contribution in [1.82, 2.24) is 0 Å². The van der Waals surface area contributed by atoms with Crippen LogP contribution in [0.15, 0.2) is 16.6 Å². The summed E-state index contributed by atoms with van der Waals surface area (Å²) in [5.74, 6) is 0. The zero-order chi connectivity index (χ0) is 9.07. The molecule has 0 rings (SSSR count). The minimum Gasteiger partial charge on any atom is -0.293 e. The van der Waals surface area contributed by atoms with Crippen molar-refractivity contribution in [2.75, 3.05) is 7.05 Å². The Morgan fingerprint density at radius 2 is 1.73 bits per heavy atom. The van der Waals surface area contributed by atoms with E-state index in [1.54, 1.807) is 0 Å². The van der Waals surface area contributed by atoms with E-state index >= 15 is 0 Å². The molecule has 0 saturated carbocycles. The van der Waals surface area contributed by atoms with Gasteiger partial charge in [0, 0.05) is 12.8 Å². The second-order valence-electron chi connectivity index (χ2n) is 3.76. The van der Waals surface area contributed by atoms with E-state index in [1.807, 2.05) is 7.05 Å². The molecule has 0 aliphatic heterocycles. The summed E-state index contributed by atoms with van der Waals surface area (Å²) in [6, 6.07) is 0. The molecule has 0 aromatic heterocycles. The molecular weight excluding hydrogens is 134 g/mol. The molecule has 0 saturated heterocycles. The predicted molar refractivity (Wildman–Crippen MR) is 52.2 cm³/mol. The van der Waals surface area contributed by atoms with Crippen LogP contribution in [0.3, 0.4) is 0 Å². The number of nitrogens with zero attached hydrogens (tertiary/aromatic N) is 1. The Kier molecular flexibility index (Phi) is 3.50. The summed E-state index contributed by atoms with van der Waals surface area (Å²) < 4.78 is 0. The van der Waals surface area contributed by atoms with Gasteiger partial charge in [-0.2, -0.15) is 0 Å². The number of aliphatic imine (C=N–C) groups is 1. The summed E-state index contributed by atoms with van der Waals surface area (Å²) in [6.07, 6.45) is 2.14. The first kappa shape index (κ1) is 10.4. The highest BCUT2D eigenvalue weighted by molar-refractivity contribution is 5.99. The van der Waals surface area contributed by atoms with E-state index in [0.717, 1.165) is 5.71 Å². The van der Waals surface area contributed by atoms with Crippen LogP contribution in [-0.2, 0) is 0 Å². The molecule has 0 heterocycles. The van der Waals surface area contributed by atoms with E-state index in [0.29, 0.717) is 0 Å². The Balaban J connectivity index is 4.73. The maximum atomic E-state index is 4.17. The maximum Gasteiger partial charge on any atom is 0.0347 e. The minimum absolute atomic E-state index is 0.221. The lowest BCUT2D eigenvalue weighted by atomic mass is 9.84. The van der Waals surface area contributed by atoms with Gasteiger partial charge in [-0.25, -0.2) is 0 Å². The fourth-order valence-electron chi connectivity index (χ4n) is 1.31. The largest absolute Gasteiger partial charge is 0.293 e. The molecule has 0 spiro atoms. The highest BCUT2D eigenvalue weighted by Crippen LogP contribution is 2.25. The second kappa shape index (κ2) is 3.70. The molecule has 1 nitrogen and oxygen atoms in total. The minimum atomic E-state index is 0.221. The fourth-order valence-corrected chi connectivity index (χ4v) is 1.31. The highest BCUT2D eigenvalue weighted by Gasteiger charge is 2.17. The van der Waals surface area contributed by atoms with Crippen LogP contribution in [-0.4, -0.2) is 12.8 Å². The van der Waals surface area contributed by atoms with Crippen molar-refractivity contribution in [3.8, 4) is 0 Å². The molecule has 0 atom stereocenters. The number of hydrogen-bond acceptors (Lipinski definition) is 1. The van der Waals surface area contributed by atoms with Gasteiger partial charge in [0.05, 0.1) is 0 Å². The standard InChI is InChI=1S/C10H19N/c1-7-9(8(2)11-6)10(3,4)5/h7H,1-6H3/b9-7+,11-8-. The van der Waals surface area contributed by atoms with Gasteiger partial charge in [-0.3, -0.25) is 4.99 Å². The lowest BCUT2D eigenvalue weighted by Gasteiger charge is -2.22. The van der Waals surface area contributed by atoms with Gasteiger partial charge in [0.25, 0.3) is 0 Å². The number of allylic oxidation sites excluding steroid dienone is 2. The lowest BCUT2D eigenvalue weighted by molar-refractivity contribution is 0.523. The van der Waals surface area contributed by atoms with Crippen LogP contribution in [0.1, 0.15) is 34.6 Å². The van der Waals surface area contributed by atoms with E-state index < -0.39 is 0 Å². The van der Waals surface area contributed by atoms with Crippen molar-refractivity contribution >= 4 is 5.71 Å². The van der Waals surface area contributed by atoms with Gasteiger partial charge in [0.2, 0.25) is 0 Å². The highest BCUT2D eigenvalue weighted by atomic mass is 14.7. The summed E-state index contributed by atoms with van der Waals surface area (Å²) in [5.41, 5.74) is 2.69. The van der Waals surface area contributed by atoms with Gasteiger partial charge in [-0.1, -0.05) is 26.8 Å². The molecule has 0 unspecified atom stereocenters. The first-order valence-electron chi connectivity index (χ1n) is 4.04. The maximum absolute atomic E-state index is 4.17. The third-order valence-corrected chi connectivity index (χ3v) is 1.82. The molecule has 11 heavy (non-hydrogen) atoms. The van der Waals surface area contributed by atoms with Crippen molar-refractivity contribution < 1.29 is 0 Å². The second-order valence-corrected chi connectivity index (χ2v) is 3.76. The molecule has 1 heteroatoms. The number of hydrogen-bond donors (Lipinski definition) is 0. The van der Waals surface area contributed by atoms with Crippen molar-refractivity contribution in [2.24, 2.45) is 10.4 Å². The van der Waals surface area contributed by atoms with E-state index in [1.165, 1.54) is 5.57 Å². The van der Waals surface area contributed by atoms with Crippen LogP contribution in [0.5, 0.6) is 0 Å². The average Bonchev–Trinajstić information content (AvgIpc) is 1.86. The normalized spacial score (nSPS) is 15.5. The van der Waals surface area contributed by atoms with Gasteiger partial charge in [-0.05, 0) is 24.8 Å². The first-order valence-corrected chi connectivity index (χ1v) is 4.04. The smallest absolute Gasteiger partial charge is 0.0347 e. The van der Waals surface area contributed by atoms with E-state index in [4.69, 9.17) is 0 Å². The Morgan fingerprint density at radius 1 is 1.27 bits per heavy atom. The molecule has 64 valence electrons. The van der Waals surface area contributed by atoms with Gasteiger partial charge in [0.1, 0.15) is 0 Å². The summed E-state index contributed by atoms with van der Waals surface area (Å²) in [4.78, 5) is 4.17. The molecule has 0 aromatic rings. The van der Waals surface area contributed by atoms with Gasteiger partial charge >= 0.3 is 0 Å². The van der Waals surface area contributed by atoms with Crippen LogP contribution in [0.25, 0.3) is 0 Å². The Hall–Kier alpha value is -0.590. The molecule has 0 amide bonds. The zero-order valence-electron chi connectivity index (χ0n) is 8.52. The average molecular weight is 153 g/mol. The quantitative estimate of drug-likeness (QED) is 0.513. The molecule has 0 aromatic carbocycles. The first-order chi connectivity index (χ1) is 4.93. The Labute approximate surface area is 70.2 Å². The van der Waals surface area contributed by atoms with Crippen molar-refractivity contribution in [2.45, 2.75) is 34.6 Å². The molecule has 0 N–H and O–H groups in total. The van der Waals surface area contributed by atoms with Crippen LogP contribution >= 0.6 is 0 Å². The molecule has 0 aliphatic carbocycles. The van der Waals surface area contributed by atoms with E-state index in [-0.39, 0.29) is 5.41 Å². The summed E-state index contributed by atoms with van der Waals surface area (Å²) in [5, 5.41) is 0. The van der Waals surface area contributed by atoms with Crippen LogP contribution in [0.4, 0.5) is 0 Å².